The van der Waals surface area contributed by atoms with Gasteiger partial charge >= 0.3 is 6.36 Å². The molecule has 1 heterocycles. The summed E-state index contributed by atoms with van der Waals surface area (Å²) in [6, 6.07) is 5.90. The number of nitriles is 1. The number of anilines is 1. The molecule has 1 aliphatic heterocycles. The molecule has 1 saturated heterocycles. The number of hydrogen-bond acceptors (Lipinski definition) is 4. The average Bonchev–Trinajstić information content (AvgIpc) is 2.38. The molecule has 0 aliphatic carbocycles. The summed E-state index contributed by atoms with van der Waals surface area (Å²) >= 11 is 0. The van der Waals surface area contributed by atoms with Crippen molar-refractivity contribution >= 4 is 5.69 Å². The average molecular weight is 271 g/mol. The van der Waals surface area contributed by atoms with E-state index in [1.54, 1.807) is 11.0 Å². The lowest BCUT2D eigenvalue weighted by Crippen LogP contribution is -2.43. The standard InChI is InChI=1S/C12H12F3N3O/c13-12(14,15)19-11-7-9(8-16)1-2-10(11)18-5-3-17-4-6-18/h1-2,7,17H,3-6H2. The molecule has 0 bridgehead atoms. The molecule has 0 saturated carbocycles. The van der Waals surface area contributed by atoms with Gasteiger partial charge in [-0.2, -0.15) is 5.26 Å². The maximum absolute atomic E-state index is 12.4. The molecule has 7 heteroatoms. The molecule has 0 amide bonds. The third-order valence-electron chi connectivity index (χ3n) is 2.77. The molecule has 1 aromatic carbocycles. The summed E-state index contributed by atoms with van der Waals surface area (Å²) in [5.74, 6) is -0.326. The van der Waals surface area contributed by atoms with E-state index in [4.69, 9.17) is 5.26 Å². The number of nitrogens with one attached hydrogen (secondary N) is 1. The van der Waals surface area contributed by atoms with Crippen LogP contribution in [0.25, 0.3) is 0 Å². The highest BCUT2D eigenvalue weighted by Crippen LogP contribution is 2.33. The van der Waals surface area contributed by atoms with Gasteiger partial charge in [-0.3, -0.25) is 0 Å². The lowest BCUT2D eigenvalue weighted by molar-refractivity contribution is -0.274. The van der Waals surface area contributed by atoms with Gasteiger partial charge in [-0.15, -0.1) is 13.2 Å². The molecule has 19 heavy (non-hydrogen) atoms. The first-order valence-electron chi connectivity index (χ1n) is 5.75. The van der Waals surface area contributed by atoms with E-state index in [0.717, 1.165) is 6.07 Å². The number of hydrogen-bond donors (Lipinski definition) is 1. The van der Waals surface area contributed by atoms with Gasteiger partial charge in [-0.05, 0) is 12.1 Å². The van der Waals surface area contributed by atoms with Crippen LogP contribution >= 0.6 is 0 Å². The van der Waals surface area contributed by atoms with Crippen LogP contribution in [0.5, 0.6) is 5.75 Å². The first-order valence-corrected chi connectivity index (χ1v) is 5.75. The smallest absolute Gasteiger partial charge is 0.404 e. The highest BCUT2D eigenvalue weighted by Gasteiger charge is 2.33. The van der Waals surface area contributed by atoms with Gasteiger partial charge in [0, 0.05) is 32.2 Å². The second kappa shape index (κ2) is 5.36. The Hall–Kier alpha value is -1.94. The van der Waals surface area contributed by atoms with Gasteiger partial charge < -0.3 is 15.0 Å². The number of rotatable bonds is 2. The molecule has 0 radical (unpaired) electrons. The Balaban J connectivity index is 2.33. The zero-order valence-corrected chi connectivity index (χ0v) is 10.00. The van der Waals surface area contributed by atoms with E-state index in [0.29, 0.717) is 31.9 Å². The predicted octanol–water partition coefficient (Wildman–Crippen LogP) is 1.87. The van der Waals surface area contributed by atoms with Gasteiger partial charge in [0.15, 0.2) is 5.75 Å². The van der Waals surface area contributed by atoms with Gasteiger partial charge in [0.25, 0.3) is 0 Å². The molecular weight excluding hydrogens is 259 g/mol. The van der Waals surface area contributed by atoms with Crippen molar-refractivity contribution in [3.05, 3.63) is 23.8 Å². The van der Waals surface area contributed by atoms with Crippen LogP contribution in [0.15, 0.2) is 18.2 Å². The lowest BCUT2D eigenvalue weighted by Gasteiger charge is -2.30. The molecule has 1 aliphatic rings. The Labute approximate surface area is 108 Å². The summed E-state index contributed by atoms with van der Waals surface area (Å²) in [7, 11) is 0. The summed E-state index contributed by atoms with van der Waals surface area (Å²) in [5.41, 5.74) is 0.496. The molecule has 0 spiro atoms. The normalized spacial score (nSPS) is 16.0. The van der Waals surface area contributed by atoms with Crippen molar-refractivity contribution < 1.29 is 17.9 Å². The second-order valence-electron chi connectivity index (χ2n) is 4.08. The van der Waals surface area contributed by atoms with Crippen molar-refractivity contribution in [3.63, 3.8) is 0 Å². The van der Waals surface area contributed by atoms with Gasteiger partial charge in [0.2, 0.25) is 0 Å². The lowest BCUT2D eigenvalue weighted by atomic mass is 10.1. The van der Waals surface area contributed by atoms with Crippen molar-refractivity contribution in [2.75, 3.05) is 31.1 Å². The monoisotopic (exact) mass is 271 g/mol. The second-order valence-corrected chi connectivity index (χ2v) is 4.08. The summed E-state index contributed by atoms with van der Waals surface area (Å²) in [4.78, 5) is 1.80. The first-order chi connectivity index (χ1) is 8.99. The van der Waals surface area contributed by atoms with E-state index in [1.807, 2.05) is 0 Å². The fourth-order valence-corrected chi connectivity index (χ4v) is 1.96. The quantitative estimate of drug-likeness (QED) is 0.892. The maximum Gasteiger partial charge on any atom is 0.573 e. The number of nitrogens with zero attached hydrogens (tertiary/aromatic N) is 2. The summed E-state index contributed by atoms with van der Waals surface area (Å²) in [6.07, 6.45) is -4.77. The van der Waals surface area contributed by atoms with Crippen molar-refractivity contribution in [2.45, 2.75) is 6.36 Å². The maximum atomic E-state index is 12.4. The van der Waals surface area contributed by atoms with Crippen molar-refractivity contribution in [3.8, 4) is 11.8 Å². The zero-order valence-electron chi connectivity index (χ0n) is 10.00. The Morgan fingerprint density at radius 2 is 1.95 bits per heavy atom. The minimum absolute atomic E-state index is 0.137. The van der Waals surface area contributed by atoms with E-state index >= 15 is 0 Å². The Morgan fingerprint density at radius 1 is 1.26 bits per heavy atom. The highest BCUT2D eigenvalue weighted by molar-refractivity contribution is 5.61. The molecule has 1 aromatic rings. The number of benzene rings is 1. The predicted molar refractivity (Wildman–Crippen MR) is 62.9 cm³/mol. The van der Waals surface area contributed by atoms with Crippen molar-refractivity contribution in [1.82, 2.24) is 5.32 Å². The van der Waals surface area contributed by atoms with Crippen LogP contribution in [0.4, 0.5) is 18.9 Å². The van der Waals surface area contributed by atoms with E-state index in [-0.39, 0.29) is 11.3 Å². The Kier molecular flexibility index (Phi) is 3.81. The van der Waals surface area contributed by atoms with Crippen molar-refractivity contribution in [1.29, 1.82) is 5.26 Å². The molecule has 0 unspecified atom stereocenters. The Bertz CT molecular complexity index is 490. The molecule has 1 fully saturated rings. The largest absolute Gasteiger partial charge is 0.573 e. The van der Waals surface area contributed by atoms with Gasteiger partial charge in [-0.1, -0.05) is 0 Å². The number of piperazine rings is 1. The minimum Gasteiger partial charge on any atom is -0.404 e. The van der Waals surface area contributed by atoms with Crippen molar-refractivity contribution in [2.24, 2.45) is 0 Å². The number of ether oxygens (including phenoxy) is 1. The fraction of sp³-hybridized carbons (Fsp3) is 0.417. The van der Waals surface area contributed by atoms with E-state index in [9.17, 15) is 13.2 Å². The molecule has 0 atom stereocenters. The first kappa shape index (κ1) is 13.5. The molecular formula is C12H12F3N3O. The Morgan fingerprint density at radius 3 is 2.53 bits per heavy atom. The fourth-order valence-electron chi connectivity index (χ4n) is 1.96. The molecule has 2 rings (SSSR count). The van der Waals surface area contributed by atoms with Crippen LogP contribution in [0, 0.1) is 11.3 Å². The summed E-state index contributed by atoms with van der Waals surface area (Å²) in [5, 5.41) is 11.9. The van der Waals surface area contributed by atoms with E-state index in [1.165, 1.54) is 12.1 Å². The van der Waals surface area contributed by atoms with Gasteiger partial charge in [0.1, 0.15) is 0 Å². The van der Waals surface area contributed by atoms with Crippen LogP contribution in [0.3, 0.4) is 0 Å². The molecule has 0 aromatic heterocycles. The van der Waals surface area contributed by atoms with Crippen LogP contribution in [-0.4, -0.2) is 32.5 Å². The third-order valence-corrected chi connectivity index (χ3v) is 2.77. The van der Waals surface area contributed by atoms with E-state index < -0.39 is 6.36 Å². The zero-order chi connectivity index (χ0) is 13.9. The summed E-state index contributed by atoms with van der Waals surface area (Å²) < 4.78 is 41.2. The third kappa shape index (κ3) is 3.51. The van der Waals surface area contributed by atoms with Crippen LogP contribution in [-0.2, 0) is 0 Å². The highest BCUT2D eigenvalue weighted by atomic mass is 19.4. The van der Waals surface area contributed by atoms with Crippen LogP contribution in [0.2, 0.25) is 0 Å². The topological polar surface area (TPSA) is 48.3 Å². The van der Waals surface area contributed by atoms with Crippen LogP contribution < -0.4 is 15.0 Å². The van der Waals surface area contributed by atoms with Crippen LogP contribution in [0.1, 0.15) is 5.56 Å². The minimum atomic E-state index is -4.77. The molecule has 1 N–H and O–H groups in total. The molecule has 4 nitrogen and oxygen atoms in total. The van der Waals surface area contributed by atoms with Gasteiger partial charge in [0.05, 0.1) is 17.3 Å². The number of halogens is 3. The molecule has 102 valence electrons. The van der Waals surface area contributed by atoms with Gasteiger partial charge in [-0.25, -0.2) is 0 Å². The van der Waals surface area contributed by atoms with E-state index in [2.05, 4.69) is 10.1 Å². The number of alkyl halides is 3. The summed E-state index contributed by atoms with van der Waals surface area (Å²) in [6.45, 7) is 2.59. The SMILES string of the molecule is N#Cc1ccc(N2CCNCC2)c(OC(F)(F)F)c1.